The van der Waals surface area contributed by atoms with Crippen LogP contribution < -0.4 is 10.3 Å². The lowest BCUT2D eigenvalue weighted by atomic mass is 10.2. The van der Waals surface area contributed by atoms with Crippen LogP contribution in [-0.4, -0.2) is 51.0 Å². The number of rotatable bonds is 8. The molecule has 0 atom stereocenters. The lowest BCUT2D eigenvalue weighted by Crippen LogP contribution is -2.35. The Morgan fingerprint density at radius 2 is 1.74 bits per heavy atom. The fourth-order valence-corrected chi connectivity index (χ4v) is 5.21. The van der Waals surface area contributed by atoms with Crippen LogP contribution in [0.2, 0.25) is 0 Å². The van der Waals surface area contributed by atoms with Crippen molar-refractivity contribution < 1.29 is 13.2 Å². The highest BCUT2D eigenvalue weighted by atomic mass is 32.2. The van der Waals surface area contributed by atoms with Crippen molar-refractivity contribution in [2.75, 3.05) is 31.1 Å². The molecule has 166 valence electrons. The first-order valence-electron chi connectivity index (χ1n) is 10.7. The maximum Gasteiger partial charge on any atom is 0.271 e. The molecule has 0 bridgehead atoms. The van der Waals surface area contributed by atoms with E-state index in [1.807, 2.05) is 24.3 Å². The summed E-state index contributed by atoms with van der Waals surface area (Å²) in [5, 5.41) is 4.02. The van der Waals surface area contributed by atoms with Gasteiger partial charge in [-0.15, -0.1) is 0 Å². The molecule has 0 aromatic heterocycles. The third-order valence-corrected chi connectivity index (χ3v) is 7.35. The highest BCUT2D eigenvalue weighted by Gasteiger charge is 2.26. The molecule has 3 rings (SSSR count). The topological polar surface area (TPSA) is 82.1 Å². The molecule has 31 heavy (non-hydrogen) atoms. The molecule has 0 radical (unpaired) electrons. The van der Waals surface area contributed by atoms with Gasteiger partial charge in [-0.25, -0.2) is 13.8 Å². The normalized spacial score (nSPS) is 15.2. The number of piperidine rings is 1. The minimum absolute atomic E-state index is 0.137. The number of amides is 1. The molecule has 2 aromatic carbocycles. The summed E-state index contributed by atoms with van der Waals surface area (Å²) in [7, 11) is -3.59. The summed E-state index contributed by atoms with van der Waals surface area (Å²) >= 11 is 0. The van der Waals surface area contributed by atoms with Crippen molar-refractivity contribution in [3.63, 3.8) is 0 Å². The predicted molar refractivity (Wildman–Crippen MR) is 124 cm³/mol. The van der Waals surface area contributed by atoms with Crippen LogP contribution in [0.4, 0.5) is 5.69 Å². The Kier molecular flexibility index (Phi) is 7.81. The van der Waals surface area contributed by atoms with Gasteiger partial charge in [0.25, 0.3) is 5.91 Å². The molecule has 1 heterocycles. The highest BCUT2D eigenvalue weighted by molar-refractivity contribution is 7.89. The number of hydrazone groups is 1. The molecule has 0 aliphatic carbocycles. The zero-order chi connectivity index (χ0) is 22.3. The first kappa shape index (κ1) is 23.0. The zero-order valence-electron chi connectivity index (χ0n) is 18.1. The van der Waals surface area contributed by atoms with Crippen molar-refractivity contribution in [3.05, 3.63) is 59.7 Å². The Balaban J connectivity index is 1.65. The van der Waals surface area contributed by atoms with Crippen molar-refractivity contribution >= 4 is 27.8 Å². The van der Waals surface area contributed by atoms with E-state index in [-0.39, 0.29) is 10.5 Å². The Hall–Kier alpha value is -2.71. The molecule has 1 N–H and O–H groups in total. The molecule has 0 unspecified atom stereocenters. The van der Waals surface area contributed by atoms with Gasteiger partial charge in [0, 0.05) is 37.4 Å². The van der Waals surface area contributed by atoms with Crippen molar-refractivity contribution in [1.29, 1.82) is 0 Å². The Bertz CT molecular complexity index is 1010. The lowest BCUT2D eigenvalue weighted by Gasteiger charge is -2.25. The number of anilines is 1. The van der Waals surface area contributed by atoms with Gasteiger partial charge in [0.15, 0.2) is 0 Å². The molecule has 0 saturated carbocycles. The SMILES string of the molecule is CCN(CC)c1ccc(C=NNC(=O)c2cccc(S(=O)(=O)N3CCCCC3)c2)cc1. The average Bonchev–Trinajstić information content (AvgIpc) is 2.81. The van der Waals surface area contributed by atoms with Crippen molar-refractivity contribution in [2.45, 2.75) is 38.0 Å². The molecule has 1 saturated heterocycles. The van der Waals surface area contributed by atoms with Crippen LogP contribution in [-0.2, 0) is 10.0 Å². The van der Waals surface area contributed by atoms with E-state index in [1.54, 1.807) is 18.3 Å². The summed E-state index contributed by atoms with van der Waals surface area (Å²) < 4.78 is 27.2. The minimum Gasteiger partial charge on any atom is -0.372 e. The Morgan fingerprint density at radius 1 is 1.06 bits per heavy atom. The maximum atomic E-state index is 12.8. The van der Waals surface area contributed by atoms with E-state index in [4.69, 9.17) is 0 Å². The van der Waals surface area contributed by atoms with E-state index in [9.17, 15) is 13.2 Å². The maximum absolute atomic E-state index is 12.8. The summed E-state index contributed by atoms with van der Waals surface area (Å²) in [5.41, 5.74) is 4.73. The van der Waals surface area contributed by atoms with E-state index in [2.05, 4.69) is 29.3 Å². The standard InChI is InChI=1S/C23H30N4O3S/c1-3-26(4-2)21-13-11-19(12-14-21)18-24-25-23(28)20-9-8-10-22(17-20)31(29,30)27-15-6-5-7-16-27/h8-14,17-18H,3-7,15-16H2,1-2H3,(H,25,28). The first-order valence-corrected chi connectivity index (χ1v) is 12.2. The summed E-state index contributed by atoms with van der Waals surface area (Å²) in [6, 6.07) is 14.0. The summed E-state index contributed by atoms with van der Waals surface area (Å²) in [4.78, 5) is 14.9. The van der Waals surface area contributed by atoms with Crippen LogP contribution >= 0.6 is 0 Å². The van der Waals surface area contributed by atoms with Crippen LogP contribution in [0.3, 0.4) is 0 Å². The summed E-state index contributed by atoms with van der Waals surface area (Å²) in [5.74, 6) is -0.452. The molecule has 1 fully saturated rings. The second-order valence-electron chi connectivity index (χ2n) is 7.46. The number of hydrogen-bond donors (Lipinski definition) is 1. The summed E-state index contributed by atoms with van der Waals surface area (Å²) in [6.07, 6.45) is 4.34. The van der Waals surface area contributed by atoms with E-state index in [1.165, 1.54) is 16.4 Å². The smallest absolute Gasteiger partial charge is 0.271 e. The number of carbonyl (C=O) groups excluding carboxylic acids is 1. The molecule has 1 amide bonds. The molecule has 2 aromatic rings. The van der Waals surface area contributed by atoms with Crippen LogP contribution in [0.15, 0.2) is 58.5 Å². The molecule has 1 aliphatic heterocycles. The third-order valence-electron chi connectivity index (χ3n) is 5.45. The van der Waals surface area contributed by atoms with Crippen molar-refractivity contribution in [3.8, 4) is 0 Å². The average molecular weight is 443 g/mol. The van der Waals surface area contributed by atoms with E-state index in [0.29, 0.717) is 13.1 Å². The number of nitrogens with one attached hydrogen (secondary N) is 1. The molecule has 0 spiro atoms. The van der Waals surface area contributed by atoms with Crippen LogP contribution in [0.25, 0.3) is 0 Å². The third kappa shape index (κ3) is 5.71. The fourth-order valence-electron chi connectivity index (χ4n) is 3.64. The first-order chi connectivity index (χ1) is 15.0. The molecule has 8 heteroatoms. The summed E-state index contributed by atoms with van der Waals surface area (Å²) in [6.45, 7) is 7.15. The number of hydrogen-bond acceptors (Lipinski definition) is 5. The van der Waals surface area contributed by atoms with Gasteiger partial charge in [-0.3, -0.25) is 4.79 Å². The largest absolute Gasteiger partial charge is 0.372 e. The van der Waals surface area contributed by atoms with Gasteiger partial charge >= 0.3 is 0 Å². The predicted octanol–water partition coefficient (Wildman–Crippen LogP) is 3.47. The minimum atomic E-state index is -3.59. The Labute approximate surface area is 184 Å². The van der Waals surface area contributed by atoms with E-state index >= 15 is 0 Å². The quantitative estimate of drug-likeness (QED) is 0.501. The van der Waals surface area contributed by atoms with Crippen molar-refractivity contribution in [1.82, 2.24) is 9.73 Å². The van der Waals surface area contributed by atoms with Crippen LogP contribution in [0, 0.1) is 0 Å². The van der Waals surface area contributed by atoms with Crippen LogP contribution in [0.1, 0.15) is 49.0 Å². The van der Waals surface area contributed by atoms with Gasteiger partial charge in [0.2, 0.25) is 10.0 Å². The number of carbonyl (C=O) groups is 1. The van der Waals surface area contributed by atoms with Crippen LogP contribution in [0.5, 0.6) is 0 Å². The van der Waals surface area contributed by atoms with Crippen molar-refractivity contribution in [2.24, 2.45) is 5.10 Å². The van der Waals surface area contributed by atoms with Gasteiger partial charge in [-0.2, -0.15) is 9.41 Å². The molecule has 7 nitrogen and oxygen atoms in total. The second-order valence-corrected chi connectivity index (χ2v) is 9.39. The van der Waals surface area contributed by atoms with E-state index < -0.39 is 15.9 Å². The van der Waals surface area contributed by atoms with E-state index in [0.717, 1.165) is 43.6 Å². The van der Waals surface area contributed by atoms with Gasteiger partial charge in [-0.1, -0.05) is 24.6 Å². The van der Waals surface area contributed by atoms with Gasteiger partial charge in [0.05, 0.1) is 11.1 Å². The molecular weight excluding hydrogens is 412 g/mol. The lowest BCUT2D eigenvalue weighted by molar-refractivity contribution is 0.0955. The fraction of sp³-hybridized carbons (Fsp3) is 0.391. The van der Waals surface area contributed by atoms with Gasteiger partial charge in [0.1, 0.15) is 0 Å². The zero-order valence-corrected chi connectivity index (χ0v) is 18.9. The van der Waals surface area contributed by atoms with Gasteiger partial charge < -0.3 is 4.90 Å². The number of benzene rings is 2. The molecular formula is C23H30N4O3S. The number of nitrogens with zero attached hydrogens (tertiary/aromatic N) is 3. The second kappa shape index (κ2) is 10.5. The number of sulfonamides is 1. The Morgan fingerprint density at radius 3 is 2.39 bits per heavy atom. The highest BCUT2D eigenvalue weighted by Crippen LogP contribution is 2.21. The monoisotopic (exact) mass is 442 g/mol. The molecule has 1 aliphatic rings. The van der Waals surface area contributed by atoms with Gasteiger partial charge in [-0.05, 0) is 62.6 Å².